The van der Waals surface area contributed by atoms with Crippen LogP contribution in [0.15, 0.2) is 24.3 Å². The number of nitrogens with two attached hydrogens (primary N) is 1. The highest BCUT2D eigenvalue weighted by Gasteiger charge is 2.22. The molecule has 0 saturated heterocycles. The van der Waals surface area contributed by atoms with Crippen LogP contribution in [0.3, 0.4) is 0 Å². The van der Waals surface area contributed by atoms with Crippen molar-refractivity contribution in [3.05, 3.63) is 29.8 Å². The molecule has 1 fully saturated rings. The van der Waals surface area contributed by atoms with Crippen LogP contribution < -0.4 is 21.7 Å². The van der Waals surface area contributed by atoms with Gasteiger partial charge < -0.3 is 21.7 Å². The zero-order chi connectivity index (χ0) is 14.4. The van der Waals surface area contributed by atoms with Crippen LogP contribution in [0.4, 0.5) is 10.5 Å². The Morgan fingerprint density at radius 3 is 2.80 bits per heavy atom. The predicted molar refractivity (Wildman–Crippen MR) is 77.1 cm³/mol. The second kappa shape index (κ2) is 6.91. The lowest BCUT2D eigenvalue weighted by Crippen LogP contribution is -2.34. The summed E-state index contributed by atoms with van der Waals surface area (Å²) in [6, 6.07) is 7.37. The van der Waals surface area contributed by atoms with Gasteiger partial charge in [0.1, 0.15) is 0 Å². The van der Waals surface area contributed by atoms with Crippen molar-refractivity contribution in [1.29, 1.82) is 0 Å². The van der Waals surface area contributed by atoms with Gasteiger partial charge in [0.05, 0.1) is 0 Å². The molecule has 2 rings (SSSR count). The number of nitrogens with one attached hydrogen (secondary N) is 3. The molecule has 108 valence electrons. The van der Waals surface area contributed by atoms with Gasteiger partial charge in [0.2, 0.25) is 5.91 Å². The third kappa shape index (κ3) is 4.89. The highest BCUT2D eigenvalue weighted by molar-refractivity contribution is 5.89. The van der Waals surface area contributed by atoms with E-state index in [0.717, 1.165) is 18.4 Å². The van der Waals surface area contributed by atoms with Crippen molar-refractivity contribution in [3.63, 3.8) is 0 Å². The van der Waals surface area contributed by atoms with Crippen molar-refractivity contribution in [2.24, 2.45) is 5.73 Å². The van der Waals surface area contributed by atoms with Crippen molar-refractivity contribution >= 4 is 17.6 Å². The molecule has 1 aliphatic carbocycles. The van der Waals surface area contributed by atoms with Crippen molar-refractivity contribution in [1.82, 2.24) is 10.6 Å². The lowest BCUT2D eigenvalue weighted by Gasteiger charge is -2.08. The number of amides is 3. The molecule has 0 unspecified atom stereocenters. The van der Waals surface area contributed by atoms with Crippen molar-refractivity contribution in [2.45, 2.75) is 31.8 Å². The molecule has 3 amide bonds. The molecular formula is C14H20N4O2. The van der Waals surface area contributed by atoms with Crippen molar-refractivity contribution in [3.8, 4) is 0 Å². The van der Waals surface area contributed by atoms with Crippen LogP contribution in [0.5, 0.6) is 0 Å². The molecule has 0 radical (unpaired) electrons. The summed E-state index contributed by atoms with van der Waals surface area (Å²) >= 11 is 0. The van der Waals surface area contributed by atoms with Gasteiger partial charge in [-0.05, 0) is 30.5 Å². The van der Waals surface area contributed by atoms with Crippen LogP contribution in [-0.2, 0) is 11.3 Å². The second-order valence-electron chi connectivity index (χ2n) is 4.88. The van der Waals surface area contributed by atoms with E-state index in [1.165, 1.54) is 0 Å². The molecule has 20 heavy (non-hydrogen) atoms. The van der Waals surface area contributed by atoms with E-state index in [2.05, 4.69) is 16.0 Å². The zero-order valence-corrected chi connectivity index (χ0v) is 11.3. The fourth-order valence-corrected chi connectivity index (χ4v) is 1.77. The number of hydrogen-bond acceptors (Lipinski definition) is 3. The maximum atomic E-state index is 11.6. The number of rotatable bonds is 6. The fourth-order valence-electron chi connectivity index (χ4n) is 1.77. The Morgan fingerprint density at radius 1 is 1.30 bits per heavy atom. The van der Waals surface area contributed by atoms with E-state index in [4.69, 9.17) is 5.73 Å². The number of carbonyl (C=O) groups excluding carboxylic acids is 2. The Balaban J connectivity index is 1.67. The summed E-state index contributed by atoms with van der Waals surface area (Å²) in [5, 5.41) is 8.23. The summed E-state index contributed by atoms with van der Waals surface area (Å²) in [7, 11) is 0. The van der Waals surface area contributed by atoms with E-state index in [0.29, 0.717) is 31.2 Å². The highest BCUT2D eigenvalue weighted by atomic mass is 16.2. The molecule has 1 aromatic carbocycles. The van der Waals surface area contributed by atoms with Gasteiger partial charge in [-0.3, -0.25) is 4.79 Å². The minimum Gasteiger partial charge on any atom is -0.353 e. The van der Waals surface area contributed by atoms with Crippen LogP contribution in [0.2, 0.25) is 0 Å². The summed E-state index contributed by atoms with van der Waals surface area (Å²) in [5.74, 6) is -0.0158. The molecule has 0 aromatic heterocycles. The largest absolute Gasteiger partial charge is 0.353 e. The maximum absolute atomic E-state index is 11.6. The Labute approximate surface area is 118 Å². The molecule has 1 aliphatic rings. The van der Waals surface area contributed by atoms with Crippen LogP contribution in [0, 0.1) is 0 Å². The Morgan fingerprint density at radius 2 is 2.10 bits per heavy atom. The van der Waals surface area contributed by atoms with E-state index in [1.54, 1.807) is 6.07 Å². The molecule has 6 nitrogen and oxygen atoms in total. The molecule has 0 atom stereocenters. The first-order valence-electron chi connectivity index (χ1n) is 6.80. The highest BCUT2D eigenvalue weighted by Crippen LogP contribution is 2.18. The smallest absolute Gasteiger partial charge is 0.319 e. The van der Waals surface area contributed by atoms with Gasteiger partial charge in [-0.15, -0.1) is 0 Å². The van der Waals surface area contributed by atoms with Gasteiger partial charge >= 0.3 is 6.03 Å². The lowest BCUT2D eigenvalue weighted by molar-refractivity contribution is -0.121. The SMILES string of the molecule is NCc1cccc(NC(=O)NCCC(=O)NC2CC2)c1. The summed E-state index contributed by atoms with van der Waals surface area (Å²) in [6.07, 6.45) is 2.43. The van der Waals surface area contributed by atoms with Gasteiger partial charge in [0.25, 0.3) is 0 Å². The minimum atomic E-state index is -0.321. The molecular weight excluding hydrogens is 256 g/mol. The first-order valence-corrected chi connectivity index (χ1v) is 6.80. The van der Waals surface area contributed by atoms with Gasteiger partial charge in [0.15, 0.2) is 0 Å². The van der Waals surface area contributed by atoms with Crippen LogP contribution in [0.1, 0.15) is 24.8 Å². The minimum absolute atomic E-state index is 0.0158. The van der Waals surface area contributed by atoms with Gasteiger partial charge in [0, 0.05) is 31.2 Å². The summed E-state index contributed by atoms with van der Waals surface area (Å²) in [6.45, 7) is 0.749. The monoisotopic (exact) mass is 276 g/mol. The maximum Gasteiger partial charge on any atom is 0.319 e. The summed E-state index contributed by atoms with van der Waals surface area (Å²) < 4.78 is 0. The molecule has 1 saturated carbocycles. The topological polar surface area (TPSA) is 96.2 Å². The van der Waals surface area contributed by atoms with E-state index in [1.807, 2.05) is 18.2 Å². The average molecular weight is 276 g/mol. The Kier molecular flexibility index (Phi) is 4.95. The van der Waals surface area contributed by atoms with Crippen molar-refractivity contribution < 1.29 is 9.59 Å². The number of urea groups is 1. The number of anilines is 1. The van der Waals surface area contributed by atoms with E-state index < -0.39 is 0 Å². The van der Waals surface area contributed by atoms with Crippen molar-refractivity contribution in [2.75, 3.05) is 11.9 Å². The molecule has 0 aliphatic heterocycles. The third-order valence-corrected chi connectivity index (χ3v) is 3.00. The summed E-state index contributed by atoms with van der Waals surface area (Å²) in [4.78, 5) is 23.1. The number of carbonyl (C=O) groups is 2. The fraction of sp³-hybridized carbons (Fsp3) is 0.429. The lowest BCUT2D eigenvalue weighted by atomic mass is 10.2. The quantitative estimate of drug-likeness (QED) is 0.622. The average Bonchev–Trinajstić information content (AvgIpc) is 3.22. The zero-order valence-electron chi connectivity index (χ0n) is 11.3. The predicted octanol–water partition coefficient (Wildman–Crippen LogP) is 0.935. The van der Waals surface area contributed by atoms with E-state index in [9.17, 15) is 9.59 Å². The molecule has 5 N–H and O–H groups in total. The Bertz CT molecular complexity index is 486. The molecule has 0 bridgehead atoms. The normalized spacial score (nSPS) is 13.7. The molecule has 6 heteroatoms. The Hall–Kier alpha value is -2.08. The number of hydrogen-bond donors (Lipinski definition) is 4. The van der Waals surface area contributed by atoms with E-state index >= 15 is 0 Å². The van der Waals surface area contributed by atoms with Gasteiger partial charge in [-0.25, -0.2) is 4.79 Å². The second-order valence-corrected chi connectivity index (χ2v) is 4.88. The first kappa shape index (κ1) is 14.3. The standard InChI is InChI=1S/C14H20N4O2/c15-9-10-2-1-3-12(8-10)18-14(20)16-7-6-13(19)17-11-4-5-11/h1-3,8,11H,4-7,9,15H2,(H,17,19)(H2,16,18,20). The molecule has 0 heterocycles. The molecule has 1 aromatic rings. The van der Waals surface area contributed by atoms with Gasteiger partial charge in [-0.1, -0.05) is 12.1 Å². The van der Waals surface area contributed by atoms with Gasteiger partial charge in [-0.2, -0.15) is 0 Å². The summed E-state index contributed by atoms with van der Waals surface area (Å²) in [5.41, 5.74) is 7.17. The van der Waals surface area contributed by atoms with Crippen LogP contribution >= 0.6 is 0 Å². The first-order chi connectivity index (χ1) is 9.67. The van der Waals surface area contributed by atoms with Crippen LogP contribution in [0.25, 0.3) is 0 Å². The third-order valence-electron chi connectivity index (χ3n) is 3.00. The number of benzene rings is 1. The van der Waals surface area contributed by atoms with E-state index in [-0.39, 0.29) is 11.9 Å². The van der Waals surface area contributed by atoms with Crippen LogP contribution in [-0.4, -0.2) is 24.5 Å². The molecule has 0 spiro atoms.